The average molecular weight is 273 g/mol. The number of benzene rings is 1. The highest BCUT2D eigenvalue weighted by Crippen LogP contribution is 2.23. The van der Waals surface area contributed by atoms with Crippen LogP contribution < -0.4 is 5.73 Å². The van der Waals surface area contributed by atoms with E-state index in [1.54, 1.807) is 6.07 Å². The van der Waals surface area contributed by atoms with Crippen molar-refractivity contribution >= 4 is 0 Å². The molecule has 0 unspecified atom stereocenters. The first kappa shape index (κ1) is 13.3. The first-order valence-electron chi connectivity index (χ1n) is 7.21. The molecule has 1 aliphatic carbocycles. The Bertz CT molecular complexity index is 631. The van der Waals surface area contributed by atoms with Gasteiger partial charge in [-0.15, -0.1) is 0 Å². The van der Waals surface area contributed by atoms with Gasteiger partial charge in [-0.1, -0.05) is 6.07 Å². The van der Waals surface area contributed by atoms with Crippen molar-refractivity contribution in [2.24, 2.45) is 5.73 Å². The van der Waals surface area contributed by atoms with Crippen molar-refractivity contribution in [1.82, 2.24) is 9.55 Å². The lowest BCUT2D eigenvalue weighted by Gasteiger charge is -2.15. The molecule has 0 spiro atoms. The topological polar surface area (TPSA) is 43.8 Å². The first-order chi connectivity index (χ1) is 9.69. The van der Waals surface area contributed by atoms with Gasteiger partial charge >= 0.3 is 0 Å². The van der Waals surface area contributed by atoms with Gasteiger partial charge in [0, 0.05) is 17.8 Å². The number of hydrogen-bond acceptors (Lipinski definition) is 2. The van der Waals surface area contributed by atoms with Crippen molar-refractivity contribution in [2.45, 2.75) is 45.7 Å². The lowest BCUT2D eigenvalue weighted by Crippen LogP contribution is -2.11. The van der Waals surface area contributed by atoms with E-state index in [1.165, 1.54) is 30.3 Å². The largest absolute Gasteiger partial charge is 0.327 e. The zero-order valence-corrected chi connectivity index (χ0v) is 11.8. The van der Waals surface area contributed by atoms with Crippen LogP contribution >= 0.6 is 0 Å². The van der Waals surface area contributed by atoms with E-state index in [-0.39, 0.29) is 5.82 Å². The molecule has 4 heteroatoms. The molecule has 0 atom stereocenters. The summed E-state index contributed by atoms with van der Waals surface area (Å²) in [5.74, 6) is 0.814. The van der Waals surface area contributed by atoms with Crippen molar-refractivity contribution in [3.05, 3.63) is 52.4 Å². The van der Waals surface area contributed by atoms with Crippen molar-refractivity contribution in [2.75, 3.05) is 0 Å². The van der Waals surface area contributed by atoms with E-state index >= 15 is 0 Å². The van der Waals surface area contributed by atoms with Gasteiger partial charge in [0.05, 0.1) is 12.2 Å². The van der Waals surface area contributed by atoms with Crippen LogP contribution in [0.2, 0.25) is 0 Å². The number of nitrogens with two attached hydrogens (primary N) is 1. The maximum Gasteiger partial charge on any atom is 0.128 e. The summed E-state index contributed by atoms with van der Waals surface area (Å²) >= 11 is 0. The van der Waals surface area contributed by atoms with E-state index in [2.05, 4.69) is 9.55 Å². The second-order valence-electron chi connectivity index (χ2n) is 5.48. The second kappa shape index (κ2) is 5.37. The Hall–Kier alpha value is -1.68. The van der Waals surface area contributed by atoms with Gasteiger partial charge < -0.3 is 10.3 Å². The van der Waals surface area contributed by atoms with Gasteiger partial charge in [-0.3, -0.25) is 0 Å². The summed E-state index contributed by atoms with van der Waals surface area (Å²) in [6.45, 7) is 2.99. The quantitative estimate of drug-likeness (QED) is 0.934. The predicted molar refractivity (Wildman–Crippen MR) is 77.0 cm³/mol. The molecule has 0 radical (unpaired) electrons. The molecule has 0 amide bonds. The molecule has 0 bridgehead atoms. The highest BCUT2D eigenvalue weighted by atomic mass is 19.1. The molecular weight excluding hydrogens is 253 g/mol. The van der Waals surface area contributed by atoms with E-state index in [1.807, 2.05) is 13.0 Å². The fourth-order valence-corrected chi connectivity index (χ4v) is 2.99. The lowest BCUT2D eigenvalue weighted by molar-refractivity contribution is 0.581. The minimum absolute atomic E-state index is 0.167. The maximum atomic E-state index is 14.0. The fourth-order valence-electron chi connectivity index (χ4n) is 2.99. The molecule has 20 heavy (non-hydrogen) atoms. The summed E-state index contributed by atoms with van der Waals surface area (Å²) in [4.78, 5) is 4.64. The monoisotopic (exact) mass is 273 g/mol. The molecule has 3 rings (SSSR count). The number of fused-ring (bicyclic) bond motifs is 1. The number of imidazole rings is 1. The Morgan fingerprint density at radius 3 is 2.90 bits per heavy atom. The van der Waals surface area contributed by atoms with Crippen molar-refractivity contribution in [1.29, 1.82) is 0 Å². The van der Waals surface area contributed by atoms with Crippen LogP contribution in [0.4, 0.5) is 4.39 Å². The summed E-state index contributed by atoms with van der Waals surface area (Å²) in [6.07, 6.45) is 4.51. The van der Waals surface area contributed by atoms with Gasteiger partial charge in [0.15, 0.2) is 0 Å². The third kappa shape index (κ3) is 2.36. The predicted octanol–water partition coefficient (Wildman–Crippen LogP) is 2.72. The SMILES string of the molecule is Cc1nc2c(n1Cc1cc(CN)ccc1F)CCCC2. The molecule has 106 valence electrons. The van der Waals surface area contributed by atoms with E-state index in [0.29, 0.717) is 18.7 Å². The maximum absolute atomic E-state index is 14.0. The summed E-state index contributed by atoms with van der Waals surface area (Å²) in [6, 6.07) is 5.12. The first-order valence-corrected chi connectivity index (χ1v) is 7.21. The number of hydrogen-bond donors (Lipinski definition) is 1. The minimum atomic E-state index is -0.167. The van der Waals surface area contributed by atoms with E-state index < -0.39 is 0 Å². The number of nitrogens with zero attached hydrogens (tertiary/aromatic N) is 2. The number of aromatic nitrogens is 2. The number of rotatable bonds is 3. The normalized spacial score (nSPS) is 14.3. The van der Waals surface area contributed by atoms with Crippen molar-refractivity contribution in [3.63, 3.8) is 0 Å². The van der Waals surface area contributed by atoms with Crippen LogP contribution in [0.15, 0.2) is 18.2 Å². The molecule has 1 heterocycles. The van der Waals surface area contributed by atoms with Gasteiger partial charge in [0.25, 0.3) is 0 Å². The van der Waals surface area contributed by atoms with E-state index in [9.17, 15) is 4.39 Å². The van der Waals surface area contributed by atoms with E-state index in [4.69, 9.17) is 5.73 Å². The zero-order chi connectivity index (χ0) is 14.1. The minimum Gasteiger partial charge on any atom is -0.327 e. The van der Waals surface area contributed by atoms with Gasteiger partial charge in [-0.05, 0) is 50.3 Å². The van der Waals surface area contributed by atoms with Crippen LogP contribution in [-0.4, -0.2) is 9.55 Å². The van der Waals surface area contributed by atoms with Gasteiger partial charge in [0.2, 0.25) is 0 Å². The molecule has 0 aliphatic heterocycles. The molecule has 1 aromatic heterocycles. The second-order valence-corrected chi connectivity index (χ2v) is 5.48. The molecule has 2 N–H and O–H groups in total. The van der Waals surface area contributed by atoms with Gasteiger partial charge in [0.1, 0.15) is 11.6 Å². The Balaban J connectivity index is 1.97. The summed E-state index contributed by atoms with van der Waals surface area (Å²) in [5, 5.41) is 0. The van der Waals surface area contributed by atoms with Crippen LogP contribution in [0, 0.1) is 12.7 Å². The van der Waals surface area contributed by atoms with Crippen molar-refractivity contribution < 1.29 is 4.39 Å². The third-order valence-electron chi connectivity index (χ3n) is 4.10. The highest BCUT2D eigenvalue weighted by Gasteiger charge is 2.18. The molecule has 3 nitrogen and oxygen atoms in total. The number of halogens is 1. The fraction of sp³-hybridized carbons (Fsp3) is 0.438. The smallest absolute Gasteiger partial charge is 0.128 e. The highest BCUT2D eigenvalue weighted by molar-refractivity contribution is 5.28. The molecule has 0 saturated heterocycles. The Labute approximate surface area is 118 Å². The Morgan fingerprint density at radius 2 is 2.10 bits per heavy atom. The molecular formula is C16H20FN3. The van der Waals surface area contributed by atoms with Crippen LogP contribution in [0.1, 0.15) is 41.2 Å². The molecule has 2 aromatic rings. The zero-order valence-electron chi connectivity index (χ0n) is 11.8. The standard InChI is InChI=1S/C16H20FN3/c1-11-19-15-4-2-3-5-16(15)20(11)10-13-8-12(9-18)6-7-14(13)17/h6-8H,2-5,9-10,18H2,1H3. The van der Waals surface area contributed by atoms with Crippen LogP contribution in [0.3, 0.4) is 0 Å². The summed E-state index contributed by atoms with van der Waals surface area (Å²) < 4.78 is 16.1. The third-order valence-corrected chi connectivity index (χ3v) is 4.10. The van der Waals surface area contributed by atoms with Crippen LogP contribution in [0.25, 0.3) is 0 Å². The van der Waals surface area contributed by atoms with Crippen LogP contribution in [-0.2, 0) is 25.9 Å². The molecule has 1 aliphatic rings. The number of aryl methyl sites for hydroxylation is 2. The van der Waals surface area contributed by atoms with Crippen molar-refractivity contribution in [3.8, 4) is 0 Å². The van der Waals surface area contributed by atoms with Gasteiger partial charge in [-0.25, -0.2) is 9.37 Å². The summed E-state index contributed by atoms with van der Waals surface area (Å²) in [5.41, 5.74) is 9.79. The summed E-state index contributed by atoms with van der Waals surface area (Å²) in [7, 11) is 0. The molecule has 0 fully saturated rings. The van der Waals surface area contributed by atoms with E-state index in [0.717, 1.165) is 24.2 Å². The average Bonchev–Trinajstić information content (AvgIpc) is 2.77. The molecule has 0 saturated carbocycles. The van der Waals surface area contributed by atoms with Gasteiger partial charge in [-0.2, -0.15) is 0 Å². The van der Waals surface area contributed by atoms with Crippen LogP contribution in [0.5, 0.6) is 0 Å². The Kier molecular flexibility index (Phi) is 3.57. The lowest BCUT2D eigenvalue weighted by atomic mass is 10.0. The molecule has 1 aromatic carbocycles. The Morgan fingerprint density at radius 1 is 1.30 bits per heavy atom.